The fourth-order valence-electron chi connectivity index (χ4n) is 3.56. The summed E-state index contributed by atoms with van der Waals surface area (Å²) in [6, 6.07) is 6.88. The van der Waals surface area contributed by atoms with Crippen LogP contribution in [0.2, 0.25) is 0 Å². The minimum atomic E-state index is 0.968. The lowest BCUT2D eigenvalue weighted by Crippen LogP contribution is -2.21. The number of aryl methyl sites for hydroxylation is 1. The average molecular weight is 294 g/mol. The van der Waals surface area contributed by atoms with E-state index in [0.29, 0.717) is 0 Å². The van der Waals surface area contributed by atoms with E-state index in [9.17, 15) is 0 Å². The molecule has 1 aromatic rings. The number of anilines is 1. The lowest BCUT2D eigenvalue weighted by molar-refractivity contribution is 0.494. The maximum Gasteiger partial charge on any atom is 0.0407 e. The Bertz CT molecular complexity index is 403. The Morgan fingerprint density at radius 3 is 2.59 bits per heavy atom. The molecule has 2 unspecified atom stereocenters. The summed E-state index contributed by atoms with van der Waals surface area (Å²) in [4.78, 5) is 2.62. The Kier molecular flexibility index (Phi) is 3.16. The zero-order chi connectivity index (χ0) is 11.8. The van der Waals surface area contributed by atoms with E-state index < -0.39 is 0 Å². The van der Waals surface area contributed by atoms with E-state index >= 15 is 0 Å². The second-order valence-electron chi connectivity index (χ2n) is 5.62. The van der Waals surface area contributed by atoms with Crippen molar-refractivity contribution in [1.82, 2.24) is 0 Å². The van der Waals surface area contributed by atoms with Crippen molar-refractivity contribution in [2.45, 2.75) is 31.5 Å². The Morgan fingerprint density at radius 2 is 1.94 bits per heavy atom. The molecule has 1 saturated heterocycles. The number of hydrogen-bond donors (Lipinski definition) is 0. The smallest absolute Gasteiger partial charge is 0.0407 e. The van der Waals surface area contributed by atoms with E-state index in [1.54, 1.807) is 0 Å². The van der Waals surface area contributed by atoms with E-state index in [4.69, 9.17) is 0 Å². The van der Waals surface area contributed by atoms with Gasteiger partial charge in [-0.15, -0.1) is 0 Å². The molecule has 92 valence electrons. The molecule has 1 aliphatic carbocycles. The number of halogens is 1. The number of nitrogens with zero attached hydrogens (tertiary/aromatic N) is 1. The van der Waals surface area contributed by atoms with Gasteiger partial charge in [-0.3, -0.25) is 0 Å². The van der Waals surface area contributed by atoms with Crippen LogP contribution in [0, 0.1) is 18.8 Å². The first-order chi connectivity index (χ1) is 8.28. The highest BCUT2D eigenvalue weighted by Crippen LogP contribution is 2.40. The average Bonchev–Trinajstić information content (AvgIpc) is 2.89. The van der Waals surface area contributed by atoms with Gasteiger partial charge in [0.05, 0.1) is 0 Å². The van der Waals surface area contributed by atoms with Crippen molar-refractivity contribution in [3.8, 4) is 0 Å². The van der Waals surface area contributed by atoms with Crippen LogP contribution in [-0.2, 0) is 5.33 Å². The van der Waals surface area contributed by atoms with Gasteiger partial charge in [-0.05, 0) is 43.2 Å². The van der Waals surface area contributed by atoms with Gasteiger partial charge in [0.1, 0.15) is 0 Å². The van der Waals surface area contributed by atoms with Crippen molar-refractivity contribution in [3.63, 3.8) is 0 Å². The third-order valence-electron chi connectivity index (χ3n) is 4.45. The summed E-state index contributed by atoms with van der Waals surface area (Å²) in [7, 11) is 0. The summed E-state index contributed by atoms with van der Waals surface area (Å²) in [5.41, 5.74) is 4.27. The van der Waals surface area contributed by atoms with Gasteiger partial charge in [0.2, 0.25) is 0 Å². The van der Waals surface area contributed by atoms with Gasteiger partial charge in [0.25, 0.3) is 0 Å². The van der Waals surface area contributed by atoms with Crippen LogP contribution in [0.15, 0.2) is 18.2 Å². The maximum absolute atomic E-state index is 3.62. The number of alkyl halides is 1. The molecule has 3 rings (SSSR count). The Morgan fingerprint density at radius 1 is 1.24 bits per heavy atom. The van der Waals surface area contributed by atoms with Gasteiger partial charge in [-0.1, -0.05) is 40.0 Å². The fourth-order valence-corrected chi connectivity index (χ4v) is 4.01. The van der Waals surface area contributed by atoms with Gasteiger partial charge in [0.15, 0.2) is 0 Å². The van der Waals surface area contributed by atoms with E-state index in [0.717, 1.165) is 17.2 Å². The first-order valence-corrected chi connectivity index (χ1v) is 7.80. The molecule has 1 aliphatic heterocycles. The van der Waals surface area contributed by atoms with Crippen LogP contribution in [0.4, 0.5) is 5.69 Å². The number of hydrogen-bond acceptors (Lipinski definition) is 1. The van der Waals surface area contributed by atoms with E-state index in [-0.39, 0.29) is 0 Å². The summed E-state index contributed by atoms with van der Waals surface area (Å²) < 4.78 is 0. The molecule has 1 heterocycles. The summed E-state index contributed by atoms with van der Waals surface area (Å²) in [6.45, 7) is 4.75. The molecule has 17 heavy (non-hydrogen) atoms. The first kappa shape index (κ1) is 11.6. The van der Waals surface area contributed by atoms with Crippen molar-refractivity contribution in [3.05, 3.63) is 29.3 Å². The van der Waals surface area contributed by atoms with Crippen LogP contribution in [0.3, 0.4) is 0 Å². The molecule has 0 bridgehead atoms. The second-order valence-corrected chi connectivity index (χ2v) is 6.18. The fraction of sp³-hybridized carbons (Fsp3) is 0.600. The summed E-state index contributed by atoms with van der Waals surface area (Å²) >= 11 is 3.62. The van der Waals surface area contributed by atoms with Crippen LogP contribution in [0.5, 0.6) is 0 Å². The predicted octanol–water partition coefficient (Wildman–Crippen LogP) is 4.13. The molecule has 1 nitrogen and oxygen atoms in total. The minimum Gasteiger partial charge on any atom is -0.371 e. The van der Waals surface area contributed by atoms with Crippen molar-refractivity contribution < 1.29 is 0 Å². The summed E-state index contributed by atoms with van der Waals surface area (Å²) in [6.07, 6.45) is 4.37. The van der Waals surface area contributed by atoms with E-state index in [1.807, 2.05) is 0 Å². The molecule has 2 heteroatoms. The molecule has 0 aromatic heterocycles. The minimum absolute atomic E-state index is 0.968. The first-order valence-electron chi connectivity index (χ1n) is 6.68. The number of fused-ring (bicyclic) bond motifs is 1. The van der Waals surface area contributed by atoms with Gasteiger partial charge >= 0.3 is 0 Å². The van der Waals surface area contributed by atoms with Gasteiger partial charge in [0, 0.05) is 24.1 Å². The molecular weight excluding hydrogens is 274 g/mol. The Labute approximate surface area is 112 Å². The highest BCUT2D eigenvalue weighted by Gasteiger charge is 2.36. The normalized spacial score (nSPS) is 27.5. The molecule has 0 spiro atoms. The van der Waals surface area contributed by atoms with Crippen molar-refractivity contribution >= 4 is 21.6 Å². The van der Waals surface area contributed by atoms with Crippen LogP contribution in [0.25, 0.3) is 0 Å². The largest absolute Gasteiger partial charge is 0.371 e. The third-order valence-corrected chi connectivity index (χ3v) is 5.05. The second kappa shape index (κ2) is 4.64. The molecule has 0 amide bonds. The number of benzene rings is 1. The summed E-state index contributed by atoms with van der Waals surface area (Å²) in [5, 5.41) is 0.968. The standard InChI is InChI=1S/C15H20BrN/c1-11-5-6-15(14(7-11)8-16)17-9-12-3-2-4-13(12)10-17/h5-7,12-13H,2-4,8-10H2,1H3. The quantitative estimate of drug-likeness (QED) is 0.741. The van der Waals surface area contributed by atoms with Gasteiger partial charge < -0.3 is 4.90 Å². The predicted molar refractivity (Wildman–Crippen MR) is 76.9 cm³/mol. The topological polar surface area (TPSA) is 3.24 Å². The van der Waals surface area contributed by atoms with Crippen LogP contribution in [0.1, 0.15) is 30.4 Å². The highest BCUT2D eigenvalue weighted by atomic mass is 79.9. The lowest BCUT2D eigenvalue weighted by Gasteiger charge is -2.22. The zero-order valence-corrected chi connectivity index (χ0v) is 12.0. The molecule has 2 atom stereocenters. The van der Waals surface area contributed by atoms with Gasteiger partial charge in [-0.25, -0.2) is 0 Å². The Balaban J connectivity index is 1.85. The van der Waals surface area contributed by atoms with Gasteiger partial charge in [-0.2, -0.15) is 0 Å². The molecule has 1 saturated carbocycles. The molecule has 2 fully saturated rings. The van der Waals surface area contributed by atoms with Crippen LogP contribution >= 0.6 is 15.9 Å². The monoisotopic (exact) mass is 293 g/mol. The number of rotatable bonds is 2. The lowest BCUT2D eigenvalue weighted by atomic mass is 10.0. The maximum atomic E-state index is 3.62. The molecular formula is C15H20BrN. The third kappa shape index (κ3) is 2.12. The van der Waals surface area contributed by atoms with Crippen molar-refractivity contribution in [2.75, 3.05) is 18.0 Å². The van der Waals surface area contributed by atoms with Crippen molar-refractivity contribution in [2.24, 2.45) is 11.8 Å². The molecule has 2 aliphatic rings. The summed E-state index contributed by atoms with van der Waals surface area (Å²) in [5.74, 6) is 1.94. The zero-order valence-electron chi connectivity index (χ0n) is 10.5. The molecule has 0 N–H and O–H groups in total. The Hall–Kier alpha value is -0.500. The van der Waals surface area contributed by atoms with E-state index in [2.05, 4.69) is 46.0 Å². The molecule has 1 aromatic carbocycles. The van der Waals surface area contributed by atoms with Crippen LogP contribution in [-0.4, -0.2) is 13.1 Å². The van der Waals surface area contributed by atoms with Crippen LogP contribution < -0.4 is 4.90 Å². The molecule has 0 radical (unpaired) electrons. The van der Waals surface area contributed by atoms with E-state index in [1.165, 1.54) is 49.2 Å². The highest BCUT2D eigenvalue weighted by molar-refractivity contribution is 9.08. The van der Waals surface area contributed by atoms with Crippen molar-refractivity contribution in [1.29, 1.82) is 0 Å². The SMILES string of the molecule is Cc1ccc(N2CC3CCCC3C2)c(CBr)c1.